The van der Waals surface area contributed by atoms with E-state index < -0.39 is 0 Å². The topological polar surface area (TPSA) is 12.5 Å². The summed E-state index contributed by atoms with van der Waals surface area (Å²) in [5, 5.41) is 0. The van der Waals surface area contributed by atoms with Crippen LogP contribution in [-0.2, 0) is 4.74 Å². The van der Waals surface area contributed by atoms with Crippen molar-refractivity contribution in [1.29, 1.82) is 0 Å². The predicted molar refractivity (Wildman–Crippen MR) is 34.1 cm³/mol. The Balaban J connectivity index is 1.56. The van der Waals surface area contributed by atoms with Crippen molar-refractivity contribution in [2.75, 3.05) is 0 Å². The Bertz CT molecular complexity index is 140. The summed E-state index contributed by atoms with van der Waals surface area (Å²) in [4.78, 5) is 0. The van der Waals surface area contributed by atoms with E-state index in [0.29, 0.717) is 0 Å². The molecule has 1 aliphatic heterocycles. The monoisotopic (exact) mass is 124 g/mol. The van der Waals surface area contributed by atoms with Gasteiger partial charge in [0.1, 0.15) is 0 Å². The van der Waals surface area contributed by atoms with Gasteiger partial charge in [-0.1, -0.05) is 12.8 Å². The summed E-state index contributed by atoms with van der Waals surface area (Å²) < 4.78 is 5.37. The SMILES string of the molecule is C1CC1CC1CC2OC12. The van der Waals surface area contributed by atoms with Gasteiger partial charge in [-0.05, 0) is 24.7 Å². The molecule has 9 heavy (non-hydrogen) atoms. The number of epoxide rings is 1. The molecule has 1 heterocycles. The lowest BCUT2D eigenvalue weighted by atomic mass is 9.82. The molecule has 0 N–H and O–H groups in total. The molecule has 3 aliphatic rings. The molecule has 0 radical (unpaired) electrons. The van der Waals surface area contributed by atoms with Gasteiger partial charge in [-0.15, -0.1) is 0 Å². The highest BCUT2D eigenvalue weighted by molar-refractivity contribution is 5.04. The average molecular weight is 124 g/mol. The Kier molecular flexibility index (Phi) is 0.704. The Labute approximate surface area is 55.4 Å². The fourth-order valence-electron chi connectivity index (χ4n) is 2.01. The van der Waals surface area contributed by atoms with Crippen molar-refractivity contribution < 1.29 is 4.74 Å². The number of ether oxygens (including phenoxy) is 1. The van der Waals surface area contributed by atoms with Gasteiger partial charge in [0.25, 0.3) is 0 Å². The molecule has 3 fully saturated rings. The molecule has 0 spiro atoms. The van der Waals surface area contributed by atoms with E-state index in [1.165, 1.54) is 25.7 Å². The molecule has 1 saturated heterocycles. The van der Waals surface area contributed by atoms with Gasteiger partial charge in [0.15, 0.2) is 0 Å². The van der Waals surface area contributed by atoms with E-state index in [2.05, 4.69) is 0 Å². The first kappa shape index (κ1) is 4.73. The normalized spacial score (nSPS) is 54.0. The molecule has 1 nitrogen and oxygen atoms in total. The highest BCUT2D eigenvalue weighted by Crippen LogP contribution is 2.52. The molecule has 0 aromatic carbocycles. The third-order valence-electron chi connectivity index (χ3n) is 2.95. The van der Waals surface area contributed by atoms with E-state index in [1.54, 1.807) is 0 Å². The smallest absolute Gasteiger partial charge is 0.0871 e. The molecule has 3 unspecified atom stereocenters. The first-order valence-corrected chi connectivity index (χ1v) is 4.09. The first-order chi connectivity index (χ1) is 4.43. The van der Waals surface area contributed by atoms with Crippen molar-refractivity contribution in [3.63, 3.8) is 0 Å². The zero-order chi connectivity index (χ0) is 5.84. The Morgan fingerprint density at radius 1 is 1.33 bits per heavy atom. The van der Waals surface area contributed by atoms with E-state index in [-0.39, 0.29) is 0 Å². The predicted octanol–water partition coefficient (Wildman–Crippen LogP) is 1.57. The van der Waals surface area contributed by atoms with E-state index in [4.69, 9.17) is 4.74 Å². The van der Waals surface area contributed by atoms with E-state index >= 15 is 0 Å². The van der Waals surface area contributed by atoms with Gasteiger partial charge in [0.2, 0.25) is 0 Å². The molecule has 3 rings (SSSR count). The number of rotatable bonds is 2. The molecule has 0 bridgehead atoms. The maximum Gasteiger partial charge on any atom is 0.0871 e. The van der Waals surface area contributed by atoms with Crippen molar-refractivity contribution in [1.82, 2.24) is 0 Å². The minimum absolute atomic E-state index is 0.730. The van der Waals surface area contributed by atoms with Crippen LogP contribution in [0.25, 0.3) is 0 Å². The van der Waals surface area contributed by atoms with Gasteiger partial charge >= 0.3 is 0 Å². The third-order valence-corrected chi connectivity index (χ3v) is 2.95. The Morgan fingerprint density at radius 2 is 2.22 bits per heavy atom. The van der Waals surface area contributed by atoms with Crippen LogP contribution in [0.2, 0.25) is 0 Å². The molecule has 0 aromatic heterocycles. The van der Waals surface area contributed by atoms with E-state index in [1.807, 2.05) is 0 Å². The largest absolute Gasteiger partial charge is 0.369 e. The van der Waals surface area contributed by atoms with Gasteiger partial charge < -0.3 is 4.74 Å². The molecular formula is C8H12O. The molecule has 2 aliphatic carbocycles. The average Bonchev–Trinajstić information content (AvgIpc) is 2.58. The number of hydrogen-bond acceptors (Lipinski definition) is 1. The summed E-state index contributed by atoms with van der Waals surface area (Å²) in [6, 6.07) is 0. The fourth-order valence-corrected chi connectivity index (χ4v) is 2.01. The maximum absolute atomic E-state index is 5.37. The van der Waals surface area contributed by atoms with Crippen LogP contribution >= 0.6 is 0 Å². The summed E-state index contributed by atoms with van der Waals surface area (Å²) in [6.45, 7) is 0. The van der Waals surface area contributed by atoms with Crippen molar-refractivity contribution in [2.24, 2.45) is 11.8 Å². The van der Waals surface area contributed by atoms with Crippen molar-refractivity contribution >= 4 is 0 Å². The van der Waals surface area contributed by atoms with E-state index in [0.717, 1.165) is 24.0 Å². The zero-order valence-electron chi connectivity index (χ0n) is 5.55. The van der Waals surface area contributed by atoms with E-state index in [9.17, 15) is 0 Å². The van der Waals surface area contributed by atoms with Gasteiger partial charge in [-0.25, -0.2) is 0 Å². The van der Waals surface area contributed by atoms with Crippen LogP contribution in [0.5, 0.6) is 0 Å². The maximum atomic E-state index is 5.37. The summed E-state index contributed by atoms with van der Waals surface area (Å²) >= 11 is 0. The fraction of sp³-hybridized carbons (Fsp3) is 1.00. The lowest BCUT2D eigenvalue weighted by molar-refractivity contribution is 0.330. The van der Waals surface area contributed by atoms with Gasteiger partial charge in [0.05, 0.1) is 12.2 Å². The lowest BCUT2D eigenvalue weighted by Crippen LogP contribution is -2.23. The molecule has 0 aromatic rings. The van der Waals surface area contributed by atoms with Gasteiger partial charge in [-0.2, -0.15) is 0 Å². The van der Waals surface area contributed by atoms with Crippen LogP contribution in [-0.4, -0.2) is 12.2 Å². The van der Waals surface area contributed by atoms with Crippen LogP contribution in [0.4, 0.5) is 0 Å². The second-order valence-electron chi connectivity index (χ2n) is 3.81. The molecular weight excluding hydrogens is 112 g/mol. The lowest BCUT2D eigenvalue weighted by Gasteiger charge is -2.18. The summed E-state index contributed by atoms with van der Waals surface area (Å²) in [5.74, 6) is 2.10. The minimum Gasteiger partial charge on any atom is -0.369 e. The highest BCUT2D eigenvalue weighted by Gasteiger charge is 2.56. The van der Waals surface area contributed by atoms with Crippen LogP contribution in [0, 0.1) is 11.8 Å². The Hall–Kier alpha value is -0.0400. The molecule has 1 heteroatoms. The quantitative estimate of drug-likeness (QED) is 0.509. The van der Waals surface area contributed by atoms with Crippen molar-refractivity contribution in [2.45, 2.75) is 37.9 Å². The number of fused-ring (bicyclic) bond motifs is 1. The van der Waals surface area contributed by atoms with Crippen molar-refractivity contribution in [3.05, 3.63) is 0 Å². The van der Waals surface area contributed by atoms with Crippen LogP contribution in [0.15, 0.2) is 0 Å². The van der Waals surface area contributed by atoms with Gasteiger partial charge in [0, 0.05) is 0 Å². The standard InChI is InChI=1S/C8H12O/c1-2-5(1)3-6-4-7-8(6)9-7/h5-8H,1-4H2. The zero-order valence-corrected chi connectivity index (χ0v) is 5.55. The summed E-state index contributed by atoms with van der Waals surface area (Å²) in [6.07, 6.45) is 7.36. The summed E-state index contributed by atoms with van der Waals surface area (Å²) in [7, 11) is 0. The Morgan fingerprint density at radius 3 is 2.67 bits per heavy atom. The first-order valence-electron chi connectivity index (χ1n) is 4.09. The molecule has 50 valence electrons. The van der Waals surface area contributed by atoms with Crippen LogP contribution in [0.3, 0.4) is 0 Å². The minimum atomic E-state index is 0.730. The second-order valence-corrected chi connectivity index (χ2v) is 3.81. The highest BCUT2D eigenvalue weighted by atomic mass is 16.6. The molecule has 0 amide bonds. The van der Waals surface area contributed by atoms with Crippen molar-refractivity contribution in [3.8, 4) is 0 Å². The number of hydrogen-bond donors (Lipinski definition) is 0. The second kappa shape index (κ2) is 1.34. The third kappa shape index (κ3) is 0.644. The molecule has 3 atom stereocenters. The summed E-state index contributed by atoms with van der Waals surface area (Å²) in [5.41, 5.74) is 0. The van der Waals surface area contributed by atoms with Crippen LogP contribution < -0.4 is 0 Å². The van der Waals surface area contributed by atoms with Gasteiger partial charge in [-0.3, -0.25) is 0 Å². The molecule has 2 saturated carbocycles. The van der Waals surface area contributed by atoms with Crippen LogP contribution in [0.1, 0.15) is 25.7 Å².